The maximum absolute atomic E-state index is 14.4. The Hall–Kier alpha value is -3.62. The van der Waals surface area contributed by atoms with Crippen LogP contribution in [0.5, 0.6) is 0 Å². The van der Waals surface area contributed by atoms with Gasteiger partial charge in [0.05, 0.1) is 60.9 Å². The molecular formula is C56H81NO15. The molecule has 0 aromatic heterocycles. The van der Waals surface area contributed by atoms with E-state index < -0.39 is 72.3 Å². The van der Waals surface area contributed by atoms with Crippen LogP contribution < -0.4 is 5.32 Å². The van der Waals surface area contributed by atoms with Gasteiger partial charge in [-0.3, -0.25) is 4.79 Å². The summed E-state index contributed by atoms with van der Waals surface area (Å²) in [6.45, 7) is 16.4. The van der Waals surface area contributed by atoms with Crippen molar-refractivity contribution in [2.24, 2.45) is 23.7 Å². The number of carbonyl (C=O) groups excluding carboxylic acids is 1. The van der Waals surface area contributed by atoms with Crippen LogP contribution in [-0.2, 0) is 52.2 Å². The minimum Gasteiger partial charge on any atom is -0.478 e. The number of methoxy groups -OCH3 is 2. The van der Waals surface area contributed by atoms with Gasteiger partial charge in [-0.2, -0.15) is 0 Å². The molecule has 8 rings (SSSR count). The fourth-order valence-electron chi connectivity index (χ4n) is 11.6. The first kappa shape index (κ1) is 56.1. The highest BCUT2D eigenvalue weighted by Crippen LogP contribution is 2.47. The quantitative estimate of drug-likeness (QED) is 0.138. The molecule has 6 aliphatic heterocycles. The van der Waals surface area contributed by atoms with E-state index in [0.29, 0.717) is 48.8 Å². The summed E-state index contributed by atoms with van der Waals surface area (Å²) in [5, 5.41) is 35.4. The standard InChI is InChI=1S/C49H75NO13.C7H6O2/c1-12-26(2)44-29(5)18-19-48(63-44)24-35-21-34(62-48)17-16-28(4)43(27(3)14-13-15-33-25-56-46-42(51)30(6)20-36(47(52)59-35)49(33,46)53)60-40-23-38(55-11)45(32(8)58-40)61-39-22-37(54-10)41(50-9)31(7)57-39;8-7(9)6-4-2-1-3-5-6/h13-16,18-20,26-27,29,31-32,34-46,50-51,53H,12,17,21-25H2,1-11H3;1-5H,(H,8,9)/b14-13+,28-16+,33-15+;. The van der Waals surface area contributed by atoms with Crippen molar-refractivity contribution in [3.63, 3.8) is 0 Å². The van der Waals surface area contributed by atoms with Crippen LogP contribution in [0.4, 0.5) is 0 Å². The summed E-state index contributed by atoms with van der Waals surface area (Å²) in [4.78, 5) is 24.6. The van der Waals surface area contributed by atoms with Crippen LogP contribution in [0.2, 0.25) is 0 Å². The molecule has 1 aliphatic carbocycles. The second kappa shape index (κ2) is 24.4. The van der Waals surface area contributed by atoms with Crippen LogP contribution in [0.1, 0.15) is 104 Å². The molecule has 1 aromatic carbocycles. The summed E-state index contributed by atoms with van der Waals surface area (Å²) in [5.41, 5.74) is 0.511. The Morgan fingerprint density at radius 2 is 1.60 bits per heavy atom. The van der Waals surface area contributed by atoms with Gasteiger partial charge in [0.1, 0.15) is 35.9 Å². The number of rotatable bonds is 10. The van der Waals surface area contributed by atoms with Crippen LogP contribution in [-0.4, -0.2) is 152 Å². The molecule has 1 spiro atoms. The summed E-state index contributed by atoms with van der Waals surface area (Å²) < 4.78 is 64.6. The highest BCUT2D eigenvalue weighted by Gasteiger charge is 2.60. The van der Waals surface area contributed by atoms with Gasteiger partial charge in [0, 0.05) is 51.7 Å². The Labute approximate surface area is 426 Å². The smallest absolute Gasteiger partial charge is 0.335 e. The van der Waals surface area contributed by atoms with Crippen molar-refractivity contribution in [1.82, 2.24) is 5.32 Å². The summed E-state index contributed by atoms with van der Waals surface area (Å²) in [7, 11) is 5.30. The van der Waals surface area contributed by atoms with Crippen LogP contribution in [0, 0.1) is 23.7 Å². The van der Waals surface area contributed by atoms with E-state index in [0.717, 1.165) is 12.0 Å². The fourth-order valence-corrected chi connectivity index (χ4v) is 11.6. The fraction of sp³-hybridized carbons (Fsp3) is 0.679. The van der Waals surface area contributed by atoms with Gasteiger partial charge in [0.25, 0.3) is 0 Å². The Balaban J connectivity index is 0.000000761. The Bertz CT molecular complexity index is 2140. The summed E-state index contributed by atoms with van der Waals surface area (Å²) in [6.07, 6.45) is 10.7. The van der Waals surface area contributed by atoms with Crippen molar-refractivity contribution in [3.8, 4) is 0 Å². The molecule has 16 nitrogen and oxygen atoms in total. The lowest BCUT2D eigenvalue weighted by molar-refractivity contribution is -0.312. The minimum absolute atomic E-state index is 0.0411. The number of carboxylic acid groups (broad SMARTS) is 1. The van der Waals surface area contributed by atoms with E-state index in [1.165, 1.54) is 0 Å². The van der Waals surface area contributed by atoms with Crippen molar-refractivity contribution in [1.29, 1.82) is 0 Å². The van der Waals surface area contributed by atoms with Gasteiger partial charge in [-0.15, -0.1) is 0 Å². The Morgan fingerprint density at radius 1 is 0.903 bits per heavy atom. The maximum atomic E-state index is 14.4. The number of carboxylic acids is 1. The predicted molar refractivity (Wildman–Crippen MR) is 268 cm³/mol. The van der Waals surface area contributed by atoms with Gasteiger partial charge in [-0.1, -0.05) is 88.8 Å². The Kier molecular flexibility index (Phi) is 19.0. The zero-order valence-electron chi connectivity index (χ0n) is 44.0. The van der Waals surface area contributed by atoms with Gasteiger partial charge < -0.3 is 68.0 Å². The lowest BCUT2D eigenvalue weighted by Crippen LogP contribution is -2.58. The lowest BCUT2D eigenvalue weighted by atomic mass is 9.71. The molecular weight excluding hydrogens is 927 g/mol. The van der Waals surface area contributed by atoms with E-state index >= 15 is 0 Å². The molecule has 0 amide bonds. The molecule has 4 fully saturated rings. The second-order valence-electron chi connectivity index (χ2n) is 21.0. The molecule has 20 atom stereocenters. The number of aromatic carboxylic acids is 1. The molecule has 16 heteroatoms. The van der Waals surface area contributed by atoms with Crippen LogP contribution in [0.3, 0.4) is 0 Å². The van der Waals surface area contributed by atoms with Crippen molar-refractivity contribution >= 4 is 11.9 Å². The Morgan fingerprint density at radius 3 is 2.26 bits per heavy atom. The van der Waals surface area contributed by atoms with Gasteiger partial charge in [0.15, 0.2) is 18.4 Å². The number of carbonyl (C=O) groups is 2. The first-order valence-electron chi connectivity index (χ1n) is 26.0. The third kappa shape index (κ3) is 12.4. The molecule has 4 saturated heterocycles. The molecule has 1 aromatic rings. The number of hydrogen-bond acceptors (Lipinski definition) is 15. The third-order valence-electron chi connectivity index (χ3n) is 15.9. The summed E-state index contributed by atoms with van der Waals surface area (Å²) in [5.74, 6) is -3.39. The first-order chi connectivity index (χ1) is 34.3. The average molecular weight is 1010 g/mol. The topological polar surface area (TPSA) is 199 Å². The number of nitrogens with one attached hydrogen (secondary N) is 1. The maximum Gasteiger partial charge on any atom is 0.335 e. The molecule has 400 valence electrons. The van der Waals surface area contributed by atoms with E-state index in [4.69, 9.17) is 52.5 Å². The number of aliphatic hydroxyl groups excluding tert-OH is 1. The highest BCUT2D eigenvalue weighted by atomic mass is 16.7. The molecule has 4 N–H and O–H groups in total. The highest BCUT2D eigenvalue weighted by molar-refractivity contribution is 5.87. The SMILES string of the molecule is CCC(C)C1OC2(C=CC1C)CC1CC(C/C=C(\C)C(OC3CC(OC)C(OC4CC(OC)C(NC)C(C)O4)C(C)O3)C(C)/C=C/C=C3\COC4C(O)C(C)=CC(C(=O)O1)C34O)O2.O=C(O)c1ccccc1. The van der Waals surface area contributed by atoms with Gasteiger partial charge in [0.2, 0.25) is 0 Å². The number of likely N-dealkylation sites (N-methyl/N-ethyl adjacent to an activating group) is 1. The second-order valence-corrected chi connectivity index (χ2v) is 21.0. The molecule has 20 unspecified atom stereocenters. The number of fused-ring (bicyclic) bond motifs is 2. The molecule has 0 saturated carbocycles. The molecule has 72 heavy (non-hydrogen) atoms. The van der Waals surface area contributed by atoms with E-state index in [1.807, 2.05) is 39.1 Å². The third-order valence-corrected chi connectivity index (χ3v) is 15.9. The van der Waals surface area contributed by atoms with Crippen LogP contribution >= 0.6 is 0 Å². The van der Waals surface area contributed by atoms with Gasteiger partial charge >= 0.3 is 11.9 Å². The van der Waals surface area contributed by atoms with Crippen molar-refractivity contribution in [2.75, 3.05) is 27.9 Å². The van der Waals surface area contributed by atoms with Crippen LogP contribution in [0.25, 0.3) is 0 Å². The number of hydrogen-bond donors (Lipinski definition) is 4. The first-order valence-corrected chi connectivity index (χ1v) is 26.0. The van der Waals surface area contributed by atoms with Crippen molar-refractivity contribution in [2.45, 2.75) is 191 Å². The molecule has 7 aliphatic rings. The van der Waals surface area contributed by atoms with E-state index in [1.54, 1.807) is 63.6 Å². The molecule has 2 bridgehead atoms. The summed E-state index contributed by atoms with van der Waals surface area (Å²) in [6, 6.07) is 8.34. The predicted octanol–water partition coefficient (Wildman–Crippen LogP) is 6.99. The van der Waals surface area contributed by atoms with E-state index in [-0.39, 0.29) is 67.0 Å². The van der Waals surface area contributed by atoms with Crippen molar-refractivity contribution in [3.05, 3.63) is 95.1 Å². The summed E-state index contributed by atoms with van der Waals surface area (Å²) >= 11 is 0. The number of aliphatic hydroxyl groups is 2. The van der Waals surface area contributed by atoms with Gasteiger partial charge in [-0.05, 0) is 82.0 Å². The molecule has 6 heterocycles. The minimum atomic E-state index is -1.83. The number of ether oxygens (including phenoxy) is 10. The van der Waals surface area contributed by atoms with Crippen molar-refractivity contribution < 1.29 is 72.3 Å². The zero-order chi connectivity index (χ0) is 52.1. The zero-order valence-corrected chi connectivity index (χ0v) is 44.0. The number of benzene rings is 1. The van der Waals surface area contributed by atoms with E-state index in [2.05, 4.69) is 52.1 Å². The number of esters is 1. The monoisotopic (exact) mass is 1010 g/mol. The lowest BCUT2D eigenvalue weighted by Gasteiger charge is -2.48. The normalized spacial score (nSPS) is 43.6. The van der Waals surface area contributed by atoms with Crippen LogP contribution in [0.15, 0.2) is 89.6 Å². The van der Waals surface area contributed by atoms with E-state index in [9.17, 15) is 19.8 Å². The average Bonchev–Trinajstić information content (AvgIpc) is 3.70. The molecule has 0 radical (unpaired) electrons. The largest absolute Gasteiger partial charge is 0.478 e. The van der Waals surface area contributed by atoms with Gasteiger partial charge in [-0.25, -0.2) is 4.79 Å². The number of allylic oxidation sites excluding steroid dienone is 2.